The first kappa shape index (κ1) is 20.3. The Morgan fingerprint density at radius 1 is 1.18 bits per heavy atom. The predicted molar refractivity (Wildman–Crippen MR) is 108 cm³/mol. The second-order valence-corrected chi connectivity index (χ2v) is 7.26. The highest BCUT2D eigenvalue weighted by molar-refractivity contribution is 5.76. The summed E-state index contributed by atoms with van der Waals surface area (Å²) in [5.41, 5.74) is 0. The van der Waals surface area contributed by atoms with Crippen molar-refractivity contribution in [2.45, 2.75) is 38.3 Å². The summed E-state index contributed by atoms with van der Waals surface area (Å²) in [5.74, 6) is 2.59. The lowest BCUT2D eigenvalue weighted by Crippen LogP contribution is -2.46. The topological polar surface area (TPSA) is 55.2 Å². The van der Waals surface area contributed by atoms with Gasteiger partial charge in [0.15, 0.2) is 0 Å². The summed E-state index contributed by atoms with van der Waals surface area (Å²) in [5, 5.41) is 0. The van der Waals surface area contributed by atoms with E-state index in [1.165, 1.54) is 0 Å². The maximum absolute atomic E-state index is 12.9. The summed E-state index contributed by atoms with van der Waals surface area (Å²) in [7, 11) is 3.77. The fourth-order valence-electron chi connectivity index (χ4n) is 3.53. The number of hydrogen-bond donors (Lipinski definition) is 0. The SMILES string of the molecule is COc1ccc(OCCCC(=O)N(Cc2ccco2)C2CCN(C)CC2)cc1. The highest BCUT2D eigenvalue weighted by atomic mass is 16.5. The van der Waals surface area contributed by atoms with Gasteiger partial charge in [0.1, 0.15) is 17.3 Å². The molecule has 28 heavy (non-hydrogen) atoms. The van der Waals surface area contributed by atoms with Gasteiger partial charge in [-0.1, -0.05) is 0 Å². The number of carbonyl (C=O) groups is 1. The molecule has 1 aliphatic rings. The van der Waals surface area contributed by atoms with Crippen molar-refractivity contribution in [3.8, 4) is 11.5 Å². The molecule has 0 unspecified atom stereocenters. The van der Waals surface area contributed by atoms with Crippen LogP contribution in [0.2, 0.25) is 0 Å². The number of amides is 1. The molecule has 1 fully saturated rings. The van der Waals surface area contributed by atoms with E-state index in [1.807, 2.05) is 41.3 Å². The summed E-state index contributed by atoms with van der Waals surface area (Å²) < 4.78 is 16.4. The molecule has 1 aromatic carbocycles. The fraction of sp³-hybridized carbons (Fsp3) is 0.500. The van der Waals surface area contributed by atoms with Crippen LogP contribution in [0.4, 0.5) is 0 Å². The molecule has 0 bridgehead atoms. The maximum Gasteiger partial charge on any atom is 0.223 e. The summed E-state index contributed by atoms with van der Waals surface area (Å²) >= 11 is 0. The highest BCUT2D eigenvalue weighted by Crippen LogP contribution is 2.21. The zero-order chi connectivity index (χ0) is 19.8. The number of furan rings is 1. The van der Waals surface area contributed by atoms with Gasteiger partial charge >= 0.3 is 0 Å². The van der Waals surface area contributed by atoms with Crippen LogP contribution in [0.5, 0.6) is 11.5 Å². The number of rotatable bonds is 9. The summed E-state index contributed by atoms with van der Waals surface area (Å²) in [4.78, 5) is 17.3. The van der Waals surface area contributed by atoms with E-state index in [0.29, 0.717) is 26.0 Å². The first-order valence-corrected chi connectivity index (χ1v) is 9.93. The highest BCUT2D eigenvalue weighted by Gasteiger charge is 2.27. The second kappa shape index (κ2) is 10.2. The molecule has 2 aromatic rings. The quantitative estimate of drug-likeness (QED) is 0.617. The third-order valence-electron chi connectivity index (χ3n) is 5.22. The lowest BCUT2D eigenvalue weighted by Gasteiger charge is -2.37. The van der Waals surface area contributed by atoms with Crippen LogP contribution < -0.4 is 9.47 Å². The van der Waals surface area contributed by atoms with E-state index in [2.05, 4.69) is 11.9 Å². The smallest absolute Gasteiger partial charge is 0.223 e. The molecule has 0 saturated carbocycles. The molecule has 0 aliphatic carbocycles. The molecule has 1 aromatic heterocycles. The number of likely N-dealkylation sites (tertiary alicyclic amines) is 1. The Morgan fingerprint density at radius 3 is 2.54 bits per heavy atom. The van der Waals surface area contributed by atoms with Crippen molar-refractivity contribution in [3.63, 3.8) is 0 Å². The lowest BCUT2D eigenvalue weighted by molar-refractivity contribution is -0.135. The van der Waals surface area contributed by atoms with Gasteiger partial charge in [-0.3, -0.25) is 4.79 Å². The molecule has 152 valence electrons. The summed E-state index contributed by atoms with van der Waals surface area (Å²) in [6, 6.07) is 11.6. The lowest BCUT2D eigenvalue weighted by atomic mass is 10.0. The molecule has 1 amide bonds. The Balaban J connectivity index is 1.50. The van der Waals surface area contributed by atoms with Crippen LogP contribution in [0, 0.1) is 0 Å². The Bertz CT molecular complexity index is 707. The molecule has 3 rings (SSSR count). The summed E-state index contributed by atoms with van der Waals surface area (Å²) in [6.45, 7) is 3.10. The van der Waals surface area contributed by atoms with E-state index >= 15 is 0 Å². The zero-order valence-corrected chi connectivity index (χ0v) is 16.8. The van der Waals surface area contributed by atoms with E-state index in [0.717, 1.165) is 43.2 Å². The van der Waals surface area contributed by atoms with E-state index in [-0.39, 0.29) is 11.9 Å². The van der Waals surface area contributed by atoms with Crippen LogP contribution in [-0.2, 0) is 11.3 Å². The zero-order valence-electron chi connectivity index (χ0n) is 16.8. The first-order chi connectivity index (χ1) is 13.7. The molecule has 2 heterocycles. The molecule has 0 N–H and O–H groups in total. The van der Waals surface area contributed by atoms with E-state index in [1.54, 1.807) is 13.4 Å². The van der Waals surface area contributed by atoms with Gasteiger partial charge < -0.3 is 23.7 Å². The van der Waals surface area contributed by atoms with Gasteiger partial charge in [0.25, 0.3) is 0 Å². The molecule has 1 saturated heterocycles. The fourth-order valence-corrected chi connectivity index (χ4v) is 3.53. The Hall–Kier alpha value is -2.47. The average molecular weight is 386 g/mol. The number of hydrogen-bond acceptors (Lipinski definition) is 5. The van der Waals surface area contributed by atoms with Gasteiger partial charge in [-0.25, -0.2) is 0 Å². The molecule has 6 nitrogen and oxygen atoms in total. The second-order valence-electron chi connectivity index (χ2n) is 7.26. The molecular formula is C22H30N2O4. The van der Waals surface area contributed by atoms with Crippen molar-refractivity contribution in [1.82, 2.24) is 9.80 Å². The van der Waals surface area contributed by atoms with Gasteiger partial charge in [0.2, 0.25) is 5.91 Å². The molecule has 0 spiro atoms. The number of ether oxygens (including phenoxy) is 2. The minimum Gasteiger partial charge on any atom is -0.497 e. The van der Waals surface area contributed by atoms with Gasteiger partial charge in [-0.15, -0.1) is 0 Å². The van der Waals surface area contributed by atoms with Gasteiger partial charge in [0.05, 0.1) is 26.5 Å². The van der Waals surface area contributed by atoms with E-state index < -0.39 is 0 Å². The molecule has 1 aliphatic heterocycles. The van der Waals surface area contributed by atoms with Gasteiger partial charge in [-0.05, 0) is 75.8 Å². The standard InChI is InChI=1S/C22H30N2O4/c1-23-13-11-18(12-14-23)24(17-21-5-3-15-28-21)22(25)6-4-16-27-20-9-7-19(26-2)8-10-20/h3,5,7-10,15,18H,4,6,11-14,16-17H2,1-2H3. The molecule has 0 atom stereocenters. The Labute approximate surface area is 167 Å². The molecule has 0 radical (unpaired) electrons. The van der Waals surface area contributed by atoms with Crippen molar-refractivity contribution in [1.29, 1.82) is 0 Å². The minimum atomic E-state index is 0.171. The largest absolute Gasteiger partial charge is 0.497 e. The van der Waals surface area contributed by atoms with Crippen molar-refractivity contribution >= 4 is 5.91 Å². The van der Waals surface area contributed by atoms with Gasteiger partial charge in [0, 0.05) is 12.5 Å². The Kier molecular flexibility index (Phi) is 7.37. The molecular weight excluding hydrogens is 356 g/mol. The van der Waals surface area contributed by atoms with Crippen molar-refractivity contribution < 1.29 is 18.7 Å². The Morgan fingerprint density at radius 2 is 1.89 bits per heavy atom. The van der Waals surface area contributed by atoms with Gasteiger partial charge in [-0.2, -0.15) is 0 Å². The first-order valence-electron chi connectivity index (χ1n) is 9.93. The molecule has 6 heteroatoms. The normalized spacial score (nSPS) is 15.4. The third-order valence-corrected chi connectivity index (χ3v) is 5.22. The monoisotopic (exact) mass is 386 g/mol. The number of nitrogens with zero attached hydrogens (tertiary/aromatic N) is 2. The number of methoxy groups -OCH3 is 1. The average Bonchev–Trinajstić information content (AvgIpc) is 3.24. The van der Waals surface area contributed by atoms with Crippen molar-refractivity contribution in [2.24, 2.45) is 0 Å². The van der Waals surface area contributed by atoms with E-state index in [9.17, 15) is 4.79 Å². The van der Waals surface area contributed by atoms with Crippen LogP contribution in [-0.4, -0.2) is 55.6 Å². The number of piperidine rings is 1. The number of carbonyl (C=O) groups excluding carboxylic acids is 1. The predicted octanol–water partition coefficient (Wildman–Crippen LogP) is 3.57. The van der Waals surface area contributed by atoms with Crippen molar-refractivity contribution in [3.05, 3.63) is 48.4 Å². The van der Waals surface area contributed by atoms with Crippen LogP contribution in [0.1, 0.15) is 31.4 Å². The van der Waals surface area contributed by atoms with Crippen molar-refractivity contribution in [2.75, 3.05) is 33.9 Å². The maximum atomic E-state index is 12.9. The van der Waals surface area contributed by atoms with Crippen LogP contribution in [0.25, 0.3) is 0 Å². The van der Waals surface area contributed by atoms with E-state index in [4.69, 9.17) is 13.9 Å². The third kappa shape index (κ3) is 5.76. The summed E-state index contributed by atoms with van der Waals surface area (Å²) in [6.07, 6.45) is 4.83. The van der Waals surface area contributed by atoms with Crippen LogP contribution in [0.3, 0.4) is 0 Å². The minimum absolute atomic E-state index is 0.171. The van der Waals surface area contributed by atoms with Crippen LogP contribution >= 0.6 is 0 Å². The number of benzene rings is 1. The van der Waals surface area contributed by atoms with Crippen LogP contribution in [0.15, 0.2) is 47.1 Å².